The molecular weight excluding hydrogens is 640 g/mol. The smallest absolute Gasteiger partial charge is 0.248 e. The van der Waals surface area contributed by atoms with Crippen LogP contribution in [0.3, 0.4) is 0 Å². The molecule has 11 nitrogen and oxygen atoms in total. The Labute approximate surface area is 292 Å². The molecule has 2 aliphatic heterocycles. The standard InChI is InChI=1S/C39H46N2O9/c1-20-11-9-7-8-10-12-30(45)41-34-33(40)39(50)31-27(38(34)49)18-25(6)37(48)32(31)36(47)24(5)17-23(4)35(46)22(3)14-16-26(42)15-13-21(2)29(44)19-28(20)43/h7-14,16-18,20,22-23,26,28,35,42-43,46,48H,15,19,40H2,1-6H3,(H,41,45)/b8-7+,11-9-,12-10-,16-14-,21-13-,24-17+. The van der Waals surface area contributed by atoms with Gasteiger partial charge in [0, 0.05) is 35.8 Å². The second kappa shape index (κ2) is 17.1. The van der Waals surface area contributed by atoms with Crippen molar-refractivity contribution in [2.24, 2.45) is 23.5 Å². The van der Waals surface area contributed by atoms with Gasteiger partial charge in [0.15, 0.2) is 11.6 Å². The maximum Gasteiger partial charge on any atom is 0.248 e. The number of carbonyl (C=O) groups excluding carboxylic acids is 5. The molecule has 1 aliphatic carbocycles. The molecule has 1 aromatic carbocycles. The Morgan fingerprint density at radius 2 is 1.42 bits per heavy atom. The van der Waals surface area contributed by atoms with Gasteiger partial charge in [-0.3, -0.25) is 24.0 Å². The molecule has 1 aromatic rings. The van der Waals surface area contributed by atoms with Crippen molar-refractivity contribution in [3.05, 3.63) is 112 Å². The van der Waals surface area contributed by atoms with Crippen LogP contribution in [-0.2, 0) is 9.59 Å². The van der Waals surface area contributed by atoms with E-state index in [1.165, 1.54) is 44.2 Å². The van der Waals surface area contributed by atoms with Crippen LogP contribution >= 0.6 is 0 Å². The SMILES string of the molecule is C/C1=C/CC(O)/C=C\C(C)C(O)C(C)/C=C(\C)C(=O)c2c(O)c(C)cc3c2C(=O)C(N)=C(NC(=O)\C=C/C=C/C=C\C(C)C(O)CC1=O)C3=O. The van der Waals surface area contributed by atoms with E-state index in [9.17, 15) is 44.4 Å². The Balaban J connectivity index is 2.05. The van der Waals surface area contributed by atoms with Crippen LogP contribution in [0.15, 0.2) is 89.4 Å². The van der Waals surface area contributed by atoms with Gasteiger partial charge in [0.25, 0.3) is 0 Å². The molecule has 0 fully saturated rings. The van der Waals surface area contributed by atoms with Gasteiger partial charge in [-0.2, -0.15) is 0 Å². The quantitative estimate of drug-likeness (QED) is 0.216. The number of allylic oxidation sites excluding steroid dienone is 8. The third-order valence-corrected chi connectivity index (χ3v) is 8.87. The molecule has 4 bridgehead atoms. The van der Waals surface area contributed by atoms with E-state index in [-0.39, 0.29) is 46.8 Å². The summed E-state index contributed by atoms with van der Waals surface area (Å²) in [6, 6.07) is 1.25. The number of aryl methyl sites for hydroxylation is 1. The predicted octanol–water partition coefficient (Wildman–Crippen LogP) is 4.02. The summed E-state index contributed by atoms with van der Waals surface area (Å²) < 4.78 is 0. The number of aliphatic hydroxyl groups is 3. The van der Waals surface area contributed by atoms with E-state index in [1.54, 1.807) is 58.1 Å². The van der Waals surface area contributed by atoms with Crippen LogP contribution in [0.25, 0.3) is 0 Å². The monoisotopic (exact) mass is 686 g/mol. The summed E-state index contributed by atoms with van der Waals surface area (Å²) in [6.07, 6.45) is 12.2. The lowest BCUT2D eigenvalue weighted by molar-refractivity contribution is -0.118. The van der Waals surface area contributed by atoms with Gasteiger partial charge < -0.3 is 31.5 Å². The summed E-state index contributed by atoms with van der Waals surface area (Å²) in [5, 5.41) is 45.4. The second-order valence-electron chi connectivity index (χ2n) is 12.9. The second-order valence-corrected chi connectivity index (χ2v) is 12.9. The third kappa shape index (κ3) is 9.38. The number of phenolic OH excluding ortho intramolecular Hbond substituents is 1. The Morgan fingerprint density at radius 3 is 2.10 bits per heavy atom. The molecule has 0 aromatic heterocycles. The fraction of sp³-hybridized carbons (Fsp3) is 0.359. The maximum atomic E-state index is 13.8. The highest BCUT2D eigenvalue weighted by Crippen LogP contribution is 2.36. The summed E-state index contributed by atoms with van der Waals surface area (Å²) in [6.45, 7) is 9.67. The molecule has 11 heteroatoms. The largest absolute Gasteiger partial charge is 0.507 e. The van der Waals surface area contributed by atoms with Crippen LogP contribution in [0.5, 0.6) is 5.75 Å². The van der Waals surface area contributed by atoms with Crippen LogP contribution in [0.4, 0.5) is 0 Å². The highest BCUT2D eigenvalue weighted by Gasteiger charge is 2.37. The number of rotatable bonds is 0. The highest BCUT2D eigenvalue weighted by molar-refractivity contribution is 6.31. The first-order valence-electron chi connectivity index (χ1n) is 16.4. The Morgan fingerprint density at radius 1 is 0.760 bits per heavy atom. The normalized spacial score (nSPS) is 31.3. The number of hydrogen-bond donors (Lipinski definition) is 6. The van der Waals surface area contributed by atoms with E-state index >= 15 is 0 Å². The number of aromatic hydroxyl groups is 1. The van der Waals surface area contributed by atoms with Crippen molar-refractivity contribution in [2.45, 2.75) is 72.7 Å². The fourth-order valence-electron chi connectivity index (χ4n) is 5.57. The molecule has 0 spiro atoms. The van der Waals surface area contributed by atoms with Crippen molar-refractivity contribution >= 4 is 29.0 Å². The number of Topliss-reactive ketones (excluding diaryl/α,β-unsaturated/α-hetero) is 4. The Kier molecular flexibility index (Phi) is 13.5. The maximum absolute atomic E-state index is 13.8. The number of ketones is 4. The van der Waals surface area contributed by atoms with Crippen molar-refractivity contribution in [1.29, 1.82) is 0 Å². The van der Waals surface area contributed by atoms with Gasteiger partial charge in [-0.25, -0.2) is 0 Å². The molecule has 6 unspecified atom stereocenters. The minimum atomic E-state index is -1.01. The van der Waals surface area contributed by atoms with E-state index in [4.69, 9.17) is 5.73 Å². The zero-order chi connectivity index (χ0) is 37.4. The number of hydrogen-bond acceptors (Lipinski definition) is 10. The van der Waals surface area contributed by atoms with Crippen molar-refractivity contribution in [1.82, 2.24) is 5.32 Å². The summed E-state index contributed by atoms with van der Waals surface area (Å²) in [5.41, 5.74) is 4.59. The lowest BCUT2D eigenvalue weighted by Crippen LogP contribution is -2.37. The number of amides is 1. The number of carbonyl (C=O) groups is 5. The lowest BCUT2D eigenvalue weighted by Gasteiger charge is -2.23. The number of aliphatic hydroxyl groups excluding tert-OH is 3. The number of phenols is 1. The molecule has 4 rings (SSSR count). The zero-order valence-corrected chi connectivity index (χ0v) is 29.1. The van der Waals surface area contributed by atoms with Gasteiger partial charge in [0.1, 0.15) is 17.1 Å². The molecular formula is C39H46N2O9. The fourth-order valence-corrected chi connectivity index (χ4v) is 5.57. The lowest BCUT2D eigenvalue weighted by atomic mass is 9.82. The molecule has 266 valence electrons. The van der Waals surface area contributed by atoms with Gasteiger partial charge >= 0.3 is 0 Å². The number of benzene rings is 1. The summed E-state index contributed by atoms with van der Waals surface area (Å²) in [5.74, 6) is -5.49. The summed E-state index contributed by atoms with van der Waals surface area (Å²) in [4.78, 5) is 66.2. The summed E-state index contributed by atoms with van der Waals surface area (Å²) >= 11 is 0. The van der Waals surface area contributed by atoms with Crippen LogP contribution in [0, 0.1) is 24.7 Å². The van der Waals surface area contributed by atoms with E-state index in [1.807, 2.05) is 0 Å². The first-order valence-corrected chi connectivity index (χ1v) is 16.4. The van der Waals surface area contributed by atoms with Gasteiger partial charge in [-0.15, -0.1) is 0 Å². The van der Waals surface area contributed by atoms with E-state index in [0.717, 1.165) is 6.08 Å². The van der Waals surface area contributed by atoms with Crippen molar-refractivity contribution in [3.8, 4) is 5.75 Å². The number of nitrogens with two attached hydrogens (primary N) is 1. The van der Waals surface area contributed by atoms with Crippen LogP contribution in [0.1, 0.15) is 84.1 Å². The van der Waals surface area contributed by atoms with Gasteiger partial charge in [-0.1, -0.05) is 75.5 Å². The van der Waals surface area contributed by atoms with Crippen LogP contribution in [0.2, 0.25) is 0 Å². The molecule has 7 N–H and O–H groups in total. The molecule has 6 atom stereocenters. The predicted molar refractivity (Wildman–Crippen MR) is 189 cm³/mol. The van der Waals surface area contributed by atoms with E-state index < -0.39 is 76.1 Å². The van der Waals surface area contributed by atoms with Gasteiger partial charge in [0.05, 0.1) is 29.4 Å². The van der Waals surface area contributed by atoms with Crippen molar-refractivity contribution in [2.75, 3.05) is 0 Å². The van der Waals surface area contributed by atoms with Gasteiger partial charge in [-0.05, 0) is 50.0 Å². The Hall–Kier alpha value is -4.97. The first-order chi connectivity index (χ1) is 23.5. The van der Waals surface area contributed by atoms with Crippen LogP contribution in [-0.4, -0.2) is 67.8 Å². The zero-order valence-electron chi connectivity index (χ0n) is 29.1. The van der Waals surface area contributed by atoms with E-state index in [0.29, 0.717) is 5.57 Å². The third-order valence-electron chi connectivity index (χ3n) is 8.87. The average Bonchev–Trinajstić information content (AvgIpc) is 3.07. The number of nitrogens with one attached hydrogen (secondary N) is 1. The molecule has 50 heavy (non-hydrogen) atoms. The minimum absolute atomic E-state index is 0.0829. The topological polar surface area (TPSA) is 204 Å². The molecule has 0 saturated heterocycles. The molecule has 0 saturated carbocycles. The Bertz CT molecular complexity index is 1770. The van der Waals surface area contributed by atoms with Crippen molar-refractivity contribution in [3.63, 3.8) is 0 Å². The average molecular weight is 687 g/mol. The van der Waals surface area contributed by atoms with Gasteiger partial charge in [0.2, 0.25) is 17.5 Å². The number of fused-ring (bicyclic) bond motifs is 18. The molecule has 1 amide bonds. The van der Waals surface area contributed by atoms with Crippen molar-refractivity contribution < 1.29 is 44.4 Å². The minimum Gasteiger partial charge on any atom is -0.507 e. The summed E-state index contributed by atoms with van der Waals surface area (Å²) in [7, 11) is 0. The molecule has 0 radical (unpaired) electrons. The molecule has 2 heterocycles. The first kappa shape index (κ1) is 39.5. The van der Waals surface area contributed by atoms with E-state index in [2.05, 4.69) is 5.32 Å². The molecule has 3 aliphatic rings. The highest BCUT2D eigenvalue weighted by atomic mass is 16.3. The van der Waals surface area contributed by atoms with Crippen LogP contribution < -0.4 is 11.1 Å².